The first kappa shape index (κ1) is 23.4. The second-order valence-electron chi connectivity index (χ2n) is 9.48. The van der Waals surface area contributed by atoms with E-state index in [1.165, 1.54) is 0 Å². The van der Waals surface area contributed by atoms with Crippen molar-refractivity contribution in [1.29, 1.82) is 0 Å². The average molecular weight is 442 g/mol. The molecule has 32 heavy (non-hydrogen) atoms. The highest BCUT2D eigenvalue weighted by atomic mass is 16.6. The number of carbonyl (C=O) groups is 2. The lowest BCUT2D eigenvalue weighted by Crippen LogP contribution is -2.44. The van der Waals surface area contributed by atoms with Crippen molar-refractivity contribution in [1.82, 2.24) is 25.1 Å². The normalized spacial score (nSPS) is 12.9. The highest BCUT2D eigenvalue weighted by molar-refractivity contribution is 5.83. The highest BCUT2D eigenvalue weighted by Gasteiger charge is 2.27. The largest absolute Gasteiger partial charge is 0.457 e. The molecule has 9 heteroatoms. The summed E-state index contributed by atoms with van der Waals surface area (Å²) in [6.45, 7) is 13.2. The maximum absolute atomic E-state index is 12.7. The number of aryl methyl sites for hydroxylation is 2. The van der Waals surface area contributed by atoms with E-state index in [0.717, 1.165) is 22.2 Å². The molecule has 1 aromatic carbocycles. The van der Waals surface area contributed by atoms with Gasteiger partial charge in [0.25, 0.3) is 0 Å². The molecule has 0 aliphatic carbocycles. The maximum atomic E-state index is 12.7. The summed E-state index contributed by atoms with van der Waals surface area (Å²) in [5.74, 6) is -0.384. The van der Waals surface area contributed by atoms with Gasteiger partial charge in [0.2, 0.25) is 0 Å². The van der Waals surface area contributed by atoms with E-state index >= 15 is 0 Å². The SMILES string of the molecule is Cc1cc(C)c2ncc3c(COC(=O)[C@H](CC(C)C)NC(=O)OC(C)(C)C)nnn3c2c1. The van der Waals surface area contributed by atoms with Crippen LogP contribution in [0.2, 0.25) is 0 Å². The Morgan fingerprint density at radius 2 is 1.88 bits per heavy atom. The van der Waals surface area contributed by atoms with Crippen LogP contribution in [0.4, 0.5) is 4.79 Å². The number of nitrogens with one attached hydrogen (secondary N) is 1. The Balaban J connectivity index is 1.77. The Morgan fingerprint density at radius 3 is 2.53 bits per heavy atom. The number of rotatable bonds is 6. The number of alkyl carbamates (subject to hydrolysis) is 1. The lowest BCUT2D eigenvalue weighted by molar-refractivity contribution is -0.148. The molecule has 0 saturated carbocycles. The molecule has 0 fully saturated rings. The Kier molecular flexibility index (Phi) is 6.66. The number of hydrogen-bond acceptors (Lipinski definition) is 7. The molecule has 0 spiro atoms. The Labute approximate surface area is 187 Å². The Morgan fingerprint density at radius 1 is 1.16 bits per heavy atom. The van der Waals surface area contributed by atoms with Gasteiger partial charge < -0.3 is 14.8 Å². The molecular weight excluding hydrogens is 410 g/mol. The summed E-state index contributed by atoms with van der Waals surface area (Å²) in [6, 6.07) is 3.24. The van der Waals surface area contributed by atoms with Crippen molar-refractivity contribution in [2.24, 2.45) is 5.92 Å². The van der Waals surface area contributed by atoms with Gasteiger partial charge in [-0.05, 0) is 64.2 Å². The van der Waals surface area contributed by atoms with Gasteiger partial charge in [-0.15, -0.1) is 5.10 Å². The van der Waals surface area contributed by atoms with Gasteiger partial charge in [-0.2, -0.15) is 0 Å². The number of hydrogen-bond donors (Lipinski definition) is 1. The average Bonchev–Trinajstić information content (AvgIpc) is 3.07. The van der Waals surface area contributed by atoms with Crippen molar-refractivity contribution >= 4 is 28.6 Å². The van der Waals surface area contributed by atoms with Crippen molar-refractivity contribution in [2.75, 3.05) is 0 Å². The van der Waals surface area contributed by atoms with Crippen LogP contribution < -0.4 is 5.32 Å². The van der Waals surface area contributed by atoms with Gasteiger partial charge in [0.1, 0.15) is 29.5 Å². The van der Waals surface area contributed by atoms with Crippen molar-refractivity contribution in [3.05, 3.63) is 35.2 Å². The minimum absolute atomic E-state index is 0.0785. The summed E-state index contributed by atoms with van der Waals surface area (Å²) >= 11 is 0. The third-order valence-electron chi connectivity index (χ3n) is 4.78. The van der Waals surface area contributed by atoms with Crippen molar-refractivity contribution < 1.29 is 19.1 Å². The zero-order valence-corrected chi connectivity index (χ0v) is 19.7. The quantitative estimate of drug-likeness (QED) is 0.578. The summed E-state index contributed by atoms with van der Waals surface area (Å²) in [4.78, 5) is 29.5. The van der Waals surface area contributed by atoms with Crippen LogP contribution in [0.3, 0.4) is 0 Å². The molecule has 172 valence electrons. The summed E-state index contributed by atoms with van der Waals surface area (Å²) in [7, 11) is 0. The standard InChI is InChI=1S/C23H31N5O4/c1-13(2)8-16(25-22(30)32-23(5,6)7)21(29)31-12-17-19-11-24-20-15(4)9-14(3)10-18(20)28(19)27-26-17/h9-11,13,16H,8,12H2,1-7H3,(H,25,30)/t16-/m0/s1. The second kappa shape index (κ2) is 9.10. The zero-order chi connectivity index (χ0) is 23.6. The molecule has 0 saturated heterocycles. The summed E-state index contributed by atoms with van der Waals surface area (Å²) in [5.41, 5.74) is 4.32. The predicted molar refractivity (Wildman–Crippen MR) is 120 cm³/mol. The number of fused-ring (bicyclic) bond motifs is 3. The first-order chi connectivity index (χ1) is 14.9. The van der Waals surface area contributed by atoms with Gasteiger partial charge in [0.15, 0.2) is 0 Å². The molecule has 0 unspecified atom stereocenters. The molecule has 0 radical (unpaired) electrons. The van der Waals surface area contributed by atoms with E-state index in [2.05, 4.69) is 26.7 Å². The summed E-state index contributed by atoms with van der Waals surface area (Å²) < 4.78 is 12.5. The van der Waals surface area contributed by atoms with Crippen molar-refractivity contribution in [3.8, 4) is 0 Å². The first-order valence-electron chi connectivity index (χ1n) is 10.7. The molecule has 2 aromatic heterocycles. The third-order valence-corrected chi connectivity index (χ3v) is 4.78. The number of carbonyl (C=O) groups excluding carboxylic acids is 2. The van der Waals surface area contributed by atoms with Crippen LogP contribution in [-0.2, 0) is 20.9 Å². The molecular formula is C23H31N5O4. The molecule has 0 bridgehead atoms. The van der Waals surface area contributed by atoms with Crippen LogP contribution >= 0.6 is 0 Å². The predicted octanol–water partition coefficient (Wildman–Crippen LogP) is 3.88. The van der Waals surface area contributed by atoms with Crippen LogP contribution in [0, 0.1) is 19.8 Å². The van der Waals surface area contributed by atoms with Gasteiger partial charge >= 0.3 is 12.1 Å². The topological polar surface area (TPSA) is 108 Å². The first-order valence-corrected chi connectivity index (χ1v) is 10.7. The summed E-state index contributed by atoms with van der Waals surface area (Å²) in [6.07, 6.45) is 1.44. The molecule has 1 atom stereocenters. The van der Waals surface area contributed by atoms with E-state index < -0.39 is 23.7 Å². The minimum Gasteiger partial charge on any atom is -0.457 e. The van der Waals surface area contributed by atoms with Gasteiger partial charge in [0, 0.05) is 0 Å². The van der Waals surface area contributed by atoms with Crippen LogP contribution in [0.25, 0.3) is 16.6 Å². The van der Waals surface area contributed by atoms with Crippen molar-refractivity contribution in [3.63, 3.8) is 0 Å². The fraction of sp³-hybridized carbons (Fsp3) is 0.522. The van der Waals surface area contributed by atoms with Gasteiger partial charge in [-0.25, -0.2) is 14.1 Å². The van der Waals surface area contributed by atoms with E-state index in [-0.39, 0.29) is 12.5 Å². The lowest BCUT2D eigenvalue weighted by atomic mass is 10.0. The molecule has 3 aromatic rings. The summed E-state index contributed by atoms with van der Waals surface area (Å²) in [5, 5.41) is 11.0. The number of benzene rings is 1. The molecule has 1 amide bonds. The van der Waals surface area contributed by atoms with E-state index in [1.54, 1.807) is 31.5 Å². The molecule has 2 heterocycles. The molecule has 0 aliphatic rings. The molecule has 3 rings (SSSR count). The van der Waals surface area contributed by atoms with E-state index in [9.17, 15) is 9.59 Å². The van der Waals surface area contributed by atoms with Crippen LogP contribution in [0.15, 0.2) is 18.3 Å². The van der Waals surface area contributed by atoms with Gasteiger partial charge in [-0.1, -0.05) is 25.1 Å². The van der Waals surface area contributed by atoms with Crippen LogP contribution in [0.5, 0.6) is 0 Å². The van der Waals surface area contributed by atoms with Crippen LogP contribution in [-0.4, -0.2) is 43.5 Å². The zero-order valence-electron chi connectivity index (χ0n) is 19.7. The van der Waals surface area contributed by atoms with Crippen LogP contribution in [0.1, 0.15) is 57.9 Å². The fourth-order valence-electron chi connectivity index (χ4n) is 3.50. The number of esters is 1. The molecule has 0 aliphatic heterocycles. The Bertz CT molecular complexity index is 1150. The minimum atomic E-state index is -0.823. The Hall–Kier alpha value is -3.23. The van der Waals surface area contributed by atoms with E-state index in [0.29, 0.717) is 17.6 Å². The number of amides is 1. The number of aromatic nitrogens is 4. The molecule has 1 N–H and O–H groups in total. The monoisotopic (exact) mass is 441 g/mol. The number of nitrogens with zero attached hydrogens (tertiary/aromatic N) is 4. The van der Waals surface area contributed by atoms with Gasteiger partial charge in [0.05, 0.1) is 17.2 Å². The third kappa shape index (κ3) is 5.52. The molecule has 9 nitrogen and oxygen atoms in total. The maximum Gasteiger partial charge on any atom is 0.408 e. The second-order valence-corrected chi connectivity index (χ2v) is 9.48. The lowest BCUT2D eigenvalue weighted by Gasteiger charge is -2.23. The van der Waals surface area contributed by atoms with E-state index in [1.807, 2.05) is 33.8 Å². The van der Waals surface area contributed by atoms with Crippen molar-refractivity contribution in [2.45, 2.75) is 73.1 Å². The smallest absolute Gasteiger partial charge is 0.408 e. The highest BCUT2D eigenvalue weighted by Crippen LogP contribution is 2.21. The number of ether oxygens (including phenoxy) is 2. The van der Waals surface area contributed by atoms with Gasteiger partial charge in [-0.3, -0.25) is 4.98 Å². The fourth-order valence-corrected chi connectivity index (χ4v) is 3.50. The van der Waals surface area contributed by atoms with E-state index in [4.69, 9.17) is 9.47 Å².